The van der Waals surface area contributed by atoms with Crippen LogP contribution >= 0.6 is 0 Å². The lowest BCUT2D eigenvalue weighted by Crippen LogP contribution is -2.37. The van der Waals surface area contributed by atoms with Crippen molar-refractivity contribution in [3.63, 3.8) is 0 Å². The van der Waals surface area contributed by atoms with Gasteiger partial charge in [0.15, 0.2) is 0 Å². The van der Waals surface area contributed by atoms with Gasteiger partial charge in [0.1, 0.15) is 24.7 Å². The van der Waals surface area contributed by atoms with Gasteiger partial charge >= 0.3 is 0 Å². The van der Waals surface area contributed by atoms with Gasteiger partial charge in [0.2, 0.25) is 5.91 Å². The van der Waals surface area contributed by atoms with Crippen LogP contribution in [0.4, 0.5) is 4.39 Å². The van der Waals surface area contributed by atoms with Crippen molar-refractivity contribution in [3.8, 4) is 5.75 Å². The van der Waals surface area contributed by atoms with E-state index >= 15 is 0 Å². The van der Waals surface area contributed by atoms with Gasteiger partial charge in [-0.05, 0) is 30.7 Å². The zero-order chi connectivity index (χ0) is 19.0. The summed E-state index contributed by atoms with van der Waals surface area (Å²) >= 11 is 0. The normalized spacial score (nSPS) is 13.8. The van der Waals surface area contributed by atoms with Crippen molar-refractivity contribution >= 4 is 16.8 Å². The minimum absolute atomic E-state index is 0.107. The Balaban J connectivity index is 1.61. The second-order valence-corrected chi connectivity index (χ2v) is 6.53. The first kappa shape index (κ1) is 17.2. The van der Waals surface area contributed by atoms with E-state index in [0.717, 1.165) is 5.56 Å². The van der Waals surface area contributed by atoms with Crippen molar-refractivity contribution < 1.29 is 13.9 Å². The smallest absolute Gasteiger partial charge is 0.261 e. The number of hydrogen-bond donors (Lipinski definition) is 0. The third-order valence-electron chi connectivity index (χ3n) is 4.76. The fourth-order valence-electron chi connectivity index (χ4n) is 3.27. The number of ether oxygens (including phenoxy) is 1. The van der Waals surface area contributed by atoms with Gasteiger partial charge in [-0.2, -0.15) is 0 Å². The molecule has 0 saturated carbocycles. The summed E-state index contributed by atoms with van der Waals surface area (Å²) in [5, 5.41) is 0.473. The van der Waals surface area contributed by atoms with Crippen LogP contribution < -0.4 is 10.3 Å². The van der Waals surface area contributed by atoms with Gasteiger partial charge in [0.25, 0.3) is 5.56 Å². The number of fused-ring (bicyclic) bond motifs is 2. The van der Waals surface area contributed by atoms with Crippen LogP contribution in [0, 0.1) is 12.7 Å². The summed E-state index contributed by atoms with van der Waals surface area (Å²) < 4.78 is 20.9. The highest BCUT2D eigenvalue weighted by molar-refractivity contribution is 5.81. The second kappa shape index (κ2) is 6.83. The largest absolute Gasteiger partial charge is 0.491 e. The van der Waals surface area contributed by atoms with Gasteiger partial charge < -0.3 is 9.64 Å². The molecule has 2 aromatic carbocycles. The lowest BCUT2D eigenvalue weighted by Gasteiger charge is -2.20. The molecule has 7 heteroatoms. The molecule has 0 spiro atoms. The fourth-order valence-corrected chi connectivity index (χ4v) is 3.27. The average Bonchev–Trinajstić information content (AvgIpc) is 2.88. The number of nitrogens with zero attached hydrogens (tertiary/aromatic N) is 3. The van der Waals surface area contributed by atoms with E-state index in [4.69, 9.17) is 4.74 Å². The summed E-state index contributed by atoms with van der Waals surface area (Å²) in [5.74, 6) is -0.247. The highest BCUT2D eigenvalue weighted by Crippen LogP contribution is 2.25. The third kappa shape index (κ3) is 3.16. The van der Waals surface area contributed by atoms with Gasteiger partial charge in [0, 0.05) is 5.56 Å². The molecule has 3 aromatic rings. The number of hydrogen-bond acceptors (Lipinski definition) is 4. The van der Waals surface area contributed by atoms with Crippen LogP contribution in [0.5, 0.6) is 5.75 Å². The lowest BCUT2D eigenvalue weighted by atomic mass is 10.1. The van der Waals surface area contributed by atoms with Gasteiger partial charge in [-0.1, -0.05) is 18.2 Å². The maximum absolute atomic E-state index is 14.1. The minimum Gasteiger partial charge on any atom is -0.491 e. The molecule has 0 aliphatic carbocycles. The summed E-state index contributed by atoms with van der Waals surface area (Å²) in [6.45, 7) is 2.43. The lowest BCUT2D eigenvalue weighted by molar-refractivity contribution is -0.132. The van der Waals surface area contributed by atoms with Crippen LogP contribution in [-0.4, -0.2) is 33.5 Å². The number of amides is 1. The van der Waals surface area contributed by atoms with Crippen LogP contribution in [0.2, 0.25) is 0 Å². The molecule has 138 valence electrons. The molecular weight excluding hydrogens is 349 g/mol. The summed E-state index contributed by atoms with van der Waals surface area (Å²) in [5.41, 5.74) is 1.61. The maximum atomic E-state index is 14.1. The number of benzene rings is 2. The molecule has 0 unspecified atom stereocenters. The predicted molar refractivity (Wildman–Crippen MR) is 98.1 cm³/mol. The van der Waals surface area contributed by atoms with Crippen LogP contribution in [0.1, 0.15) is 11.1 Å². The Hall–Kier alpha value is -3.22. The Morgan fingerprint density at radius 3 is 2.93 bits per heavy atom. The van der Waals surface area contributed by atoms with Gasteiger partial charge in [-0.3, -0.25) is 14.2 Å². The number of rotatable bonds is 2. The highest BCUT2D eigenvalue weighted by Gasteiger charge is 2.23. The highest BCUT2D eigenvalue weighted by atomic mass is 19.1. The summed E-state index contributed by atoms with van der Waals surface area (Å²) in [6, 6.07) is 9.98. The molecule has 0 bridgehead atoms. The molecule has 0 radical (unpaired) electrons. The third-order valence-corrected chi connectivity index (χ3v) is 4.76. The number of halogens is 1. The molecule has 0 N–H and O–H groups in total. The van der Waals surface area contributed by atoms with Crippen molar-refractivity contribution in [1.29, 1.82) is 0 Å². The Kier molecular flexibility index (Phi) is 4.35. The monoisotopic (exact) mass is 367 g/mol. The zero-order valence-corrected chi connectivity index (χ0v) is 14.8. The Bertz CT molecular complexity index is 1090. The van der Waals surface area contributed by atoms with E-state index in [1.54, 1.807) is 24.3 Å². The number of para-hydroxylation sites is 1. The maximum Gasteiger partial charge on any atom is 0.261 e. The van der Waals surface area contributed by atoms with Crippen LogP contribution in [-0.2, 0) is 17.9 Å². The van der Waals surface area contributed by atoms with E-state index in [1.165, 1.54) is 21.9 Å². The number of aromatic nitrogens is 2. The summed E-state index contributed by atoms with van der Waals surface area (Å²) in [7, 11) is 0. The molecule has 1 aliphatic heterocycles. The second-order valence-electron chi connectivity index (χ2n) is 6.53. The van der Waals surface area contributed by atoms with Crippen LogP contribution in [0.15, 0.2) is 47.5 Å². The van der Waals surface area contributed by atoms with E-state index in [0.29, 0.717) is 28.8 Å². The van der Waals surface area contributed by atoms with E-state index in [2.05, 4.69) is 4.98 Å². The Morgan fingerprint density at radius 2 is 2.07 bits per heavy atom. The fraction of sp³-hybridized carbons (Fsp3) is 0.250. The van der Waals surface area contributed by atoms with Crippen molar-refractivity contribution in [2.75, 3.05) is 13.2 Å². The summed E-state index contributed by atoms with van der Waals surface area (Å²) in [6.07, 6.45) is 1.39. The van der Waals surface area contributed by atoms with Crippen molar-refractivity contribution in [2.45, 2.75) is 20.0 Å². The van der Waals surface area contributed by atoms with E-state index in [9.17, 15) is 14.0 Å². The molecule has 2 heterocycles. The molecule has 0 fully saturated rings. The van der Waals surface area contributed by atoms with Gasteiger partial charge in [-0.25, -0.2) is 9.37 Å². The van der Waals surface area contributed by atoms with E-state index < -0.39 is 5.82 Å². The first-order chi connectivity index (χ1) is 13.0. The average molecular weight is 367 g/mol. The molecular formula is C20H18FN3O3. The van der Waals surface area contributed by atoms with Gasteiger partial charge in [-0.15, -0.1) is 0 Å². The molecule has 1 amide bonds. The molecule has 0 saturated heterocycles. The first-order valence-corrected chi connectivity index (χ1v) is 8.67. The van der Waals surface area contributed by atoms with Crippen molar-refractivity contribution in [3.05, 3.63) is 70.0 Å². The number of carbonyl (C=O) groups excluding carboxylic acids is 1. The topological polar surface area (TPSA) is 64.4 Å². The number of carbonyl (C=O) groups is 1. The molecule has 1 aromatic heterocycles. The molecule has 1 aliphatic rings. The molecule has 0 atom stereocenters. The molecule has 4 rings (SSSR count). The number of aryl methyl sites for hydroxylation is 1. The van der Waals surface area contributed by atoms with E-state index in [-0.39, 0.29) is 31.2 Å². The summed E-state index contributed by atoms with van der Waals surface area (Å²) in [4.78, 5) is 31.3. The van der Waals surface area contributed by atoms with Crippen molar-refractivity contribution in [2.24, 2.45) is 0 Å². The van der Waals surface area contributed by atoms with E-state index in [1.807, 2.05) is 13.0 Å². The molecule has 27 heavy (non-hydrogen) atoms. The molecule has 6 nitrogen and oxygen atoms in total. The SMILES string of the molecule is Cc1cccc2c(=O)n(CC(=O)N3CCOc4cccc(F)c4C3)cnc12. The van der Waals surface area contributed by atoms with Crippen LogP contribution in [0.3, 0.4) is 0 Å². The predicted octanol–water partition coefficient (Wildman–Crippen LogP) is 2.27. The van der Waals surface area contributed by atoms with Gasteiger partial charge in [0.05, 0.1) is 30.3 Å². The van der Waals surface area contributed by atoms with Crippen LogP contribution in [0.25, 0.3) is 10.9 Å². The minimum atomic E-state index is -0.410. The quantitative estimate of drug-likeness (QED) is 0.697. The Morgan fingerprint density at radius 1 is 1.26 bits per heavy atom. The van der Waals surface area contributed by atoms with Crippen molar-refractivity contribution in [1.82, 2.24) is 14.5 Å². The zero-order valence-electron chi connectivity index (χ0n) is 14.8. The standard InChI is InChI=1S/C20H18FN3O3/c1-13-4-2-5-14-19(13)22-12-24(20(14)26)11-18(25)23-8-9-27-17-7-3-6-16(21)15(17)10-23/h2-7,12H,8-11H2,1H3. The Labute approximate surface area is 154 Å². The first-order valence-electron chi connectivity index (χ1n) is 8.67.